The van der Waals surface area contributed by atoms with Gasteiger partial charge in [-0.3, -0.25) is 10.00 Å². The molecular weight excluding hydrogens is 492 g/mol. The summed E-state index contributed by atoms with van der Waals surface area (Å²) in [6.45, 7) is 4.99. The van der Waals surface area contributed by atoms with Crippen LogP contribution in [-0.4, -0.2) is 51.2 Å². The van der Waals surface area contributed by atoms with E-state index in [0.29, 0.717) is 23.0 Å². The fourth-order valence-corrected chi connectivity index (χ4v) is 4.62. The lowest BCUT2D eigenvalue weighted by atomic mass is 10.2. The van der Waals surface area contributed by atoms with E-state index in [1.165, 1.54) is 5.56 Å². The molecule has 0 unspecified atom stereocenters. The molecule has 3 heterocycles. The van der Waals surface area contributed by atoms with E-state index in [0.717, 1.165) is 54.1 Å². The third-order valence-electron chi connectivity index (χ3n) is 5.60. The molecule has 32 heavy (non-hydrogen) atoms. The number of rotatable bonds is 6. The lowest BCUT2D eigenvalue weighted by Gasteiger charge is -2.35. The van der Waals surface area contributed by atoms with Gasteiger partial charge in [0.05, 0.1) is 10.4 Å². The number of fused-ring (bicyclic) bond motifs is 1. The van der Waals surface area contributed by atoms with Crippen LogP contribution in [0, 0.1) is 0 Å². The van der Waals surface area contributed by atoms with Gasteiger partial charge in [0.2, 0.25) is 0 Å². The van der Waals surface area contributed by atoms with E-state index in [9.17, 15) is 0 Å². The van der Waals surface area contributed by atoms with Crippen LogP contribution in [0.3, 0.4) is 0 Å². The van der Waals surface area contributed by atoms with Crippen LogP contribution in [0.25, 0.3) is 11.0 Å². The highest BCUT2D eigenvalue weighted by Crippen LogP contribution is 2.30. The molecule has 7 nitrogen and oxygen atoms in total. The summed E-state index contributed by atoms with van der Waals surface area (Å²) in [6.07, 6.45) is 1.57. The predicted octanol–water partition coefficient (Wildman–Crippen LogP) is 4.67. The lowest BCUT2D eigenvalue weighted by molar-refractivity contribution is 0.249. The molecule has 9 heteroatoms. The van der Waals surface area contributed by atoms with Gasteiger partial charge in [-0.15, -0.1) is 0 Å². The molecule has 2 aromatic carbocycles. The maximum absolute atomic E-state index is 6.50. The third-order valence-corrected chi connectivity index (χ3v) is 6.47. The highest BCUT2D eigenvalue weighted by Gasteiger charge is 2.22. The van der Waals surface area contributed by atoms with Gasteiger partial charge in [-0.2, -0.15) is 5.10 Å². The Labute approximate surface area is 199 Å². The summed E-state index contributed by atoms with van der Waals surface area (Å²) in [5, 5.41) is 8.71. The van der Waals surface area contributed by atoms with Gasteiger partial charge in [0.15, 0.2) is 5.65 Å². The molecule has 0 atom stereocenters. The minimum Gasteiger partial charge on any atom is -0.487 e. The largest absolute Gasteiger partial charge is 0.487 e. The Kier molecular flexibility index (Phi) is 6.25. The number of benzene rings is 2. The van der Waals surface area contributed by atoms with Crippen LogP contribution in [0.2, 0.25) is 5.02 Å². The quantitative estimate of drug-likeness (QED) is 0.404. The predicted molar refractivity (Wildman–Crippen MR) is 129 cm³/mol. The number of aromatic amines is 1. The number of piperazine rings is 1. The molecule has 0 radical (unpaired) electrons. The maximum Gasteiger partial charge on any atom is 0.187 e. The van der Waals surface area contributed by atoms with E-state index in [1.807, 2.05) is 42.5 Å². The van der Waals surface area contributed by atoms with Gasteiger partial charge in [0, 0.05) is 32.7 Å². The molecule has 1 aliphatic heterocycles. The monoisotopic (exact) mass is 512 g/mol. The van der Waals surface area contributed by atoms with Crippen molar-refractivity contribution < 1.29 is 4.74 Å². The first-order valence-corrected chi connectivity index (χ1v) is 11.6. The molecule has 1 fully saturated rings. The van der Waals surface area contributed by atoms with Gasteiger partial charge >= 0.3 is 0 Å². The van der Waals surface area contributed by atoms with Crippen molar-refractivity contribution in [3.8, 4) is 5.75 Å². The molecule has 4 aromatic rings. The van der Waals surface area contributed by atoms with Gasteiger partial charge in [-0.1, -0.05) is 48.0 Å². The number of nitrogens with one attached hydrogen (secondary N) is 1. The molecule has 1 N–H and O–H groups in total. The van der Waals surface area contributed by atoms with Crippen molar-refractivity contribution in [3.63, 3.8) is 0 Å². The van der Waals surface area contributed by atoms with E-state index in [-0.39, 0.29) is 0 Å². The number of anilines is 1. The SMILES string of the molecule is Clc1cc(CN2CCN(c3ncnc4n[nH]c(Br)c34)CC2)ccc1OCc1ccccc1. The Hall–Kier alpha value is -2.68. The van der Waals surface area contributed by atoms with Gasteiger partial charge in [-0.25, -0.2) is 9.97 Å². The molecule has 0 bridgehead atoms. The van der Waals surface area contributed by atoms with Gasteiger partial charge in [0.1, 0.15) is 29.1 Å². The Morgan fingerprint density at radius 1 is 1.00 bits per heavy atom. The Morgan fingerprint density at radius 2 is 1.81 bits per heavy atom. The number of H-pyrrole nitrogens is 1. The zero-order valence-electron chi connectivity index (χ0n) is 17.3. The standard InChI is InChI=1S/C23H22BrClN6O/c24-21-20-22(29-28-21)26-15-27-23(20)31-10-8-30(9-11-31)13-17-6-7-19(18(25)12-17)32-14-16-4-2-1-3-5-16/h1-7,12,15H,8-11,13-14H2,(H,26,27,28,29). The molecule has 0 amide bonds. The van der Waals surface area contributed by atoms with Crippen molar-refractivity contribution >= 4 is 44.4 Å². The molecule has 0 spiro atoms. The average Bonchev–Trinajstić information content (AvgIpc) is 3.21. The lowest BCUT2D eigenvalue weighted by Crippen LogP contribution is -2.46. The fraction of sp³-hybridized carbons (Fsp3) is 0.261. The summed E-state index contributed by atoms with van der Waals surface area (Å²) >= 11 is 10.0. The van der Waals surface area contributed by atoms with Gasteiger partial charge in [0.25, 0.3) is 0 Å². The minimum atomic E-state index is 0.505. The summed E-state index contributed by atoms with van der Waals surface area (Å²) in [4.78, 5) is 13.5. The van der Waals surface area contributed by atoms with E-state index < -0.39 is 0 Å². The van der Waals surface area contributed by atoms with Gasteiger partial charge < -0.3 is 9.64 Å². The van der Waals surface area contributed by atoms with E-state index in [1.54, 1.807) is 6.33 Å². The summed E-state index contributed by atoms with van der Waals surface area (Å²) in [6, 6.07) is 16.1. The molecule has 164 valence electrons. The van der Waals surface area contributed by atoms with E-state index in [2.05, 4.69) is 52.0 Å². The summed E-state index contributed by atoms with van der Waals surface area (Å²) in [5.74, 6) is 1.63. The first-order valence-electron chi connectivity index (χ1n) is 10.4. The second-order valence-electron chi connectivity index (χ2n) is 7.74. The number of hydrogen-bond acceptors (Lipinski definition) is 6. The molecule has 1 saturated heterocycles. The number of nitrogens with zero attached hydrogens (tertiary/aromatic N) is 5. The second-order valence-corrected chi connectivity index (χ2v) is 8.94. The van der Waals surface area contributed by atoms with Crippen LogP contribution in [0.15, 0.2) is 59.5 Å². The topological polar surface area (TPSA) is 70.2 Å². The van der Waals surface area contributed by atoms with Crippen LogP contribution >= 0.6 is 27.5 Å². The molecule has 1 aliphatic rings. The molecule has 2 aromatic heterocycles. The molecule has 0 saturated carbocycles. The molecular formula is C23H22BrClN6O. The first-order chi connectivity index (χ1) is 15.7. The zero-order valence-corrected chi connectivity index (χ0v) is 19.7. The number of aromatic nitrogens is 4. The number of halogens is 2. The molecule has 0 aliphatic carbocycles. The van der Waals surface area contributed by atoms with Crippen LogP contribution in [-0.2, 0) is 13.2 Å². The van der Waals surface area contributed by atoms with Crippen LogP contribution in [0.5, 0.6) is 5.75 Å². The normalized spacial score (nSPS) is 14.8. The zero-order chi connectivity index (χ0) is 21.9. The van der Waals surface area contributed by atoms with Crippen LogP contribution < -0.4 is 9.64 Å². The van der Waals surface area contributed by atoms with E-state index in [4.69, 9.17) is 16.3 Å². The van der Waals surface area contributed by atoms with Crippen molar-refractivity contribution in [2.24, 2.45) is 0 Å². The Balaban J connectivity index is 1.19. The van der Waals surface area contributed by atoms with Crippen molar-refractivity contribution in [1.29, 1.82) is 0 Å². The van der Waals surface area contributed by atoms with Crippen molar-refractivity contribution in [1.82, 2.24) is 25.1 Å². The van der Waals surface area contributed by atoms with E-state index >= 15 is 0 Å². The van der Waals surface area contributed by atoms with Crippen molar-refractivity contribution in [2.75, 3.05) is 31.1 Å². The smallest absolute Gasteiger partial charge is 0.187 e. The fourth-order valence-electron chi connectivity index (χ4n) is 3.92. The highest BCUT2D eigenvalue weighted by molar-refractivity contribution is 9.10. The number of ether oxygens (including phenoxy) is 1. The van der Waals surface area contributed by atoms with Crippen molar-refractivity contribution in [3.05, 3.63) is 75.6 Å². The molecule has 5 rings (SSSR count). The van der Waals surface area contributed by atoms with Gasteiger partial charge in [-0.05, 0) is 39.2 Å². The Bertz CT molecular complexity index is 1210. The maximum atomic E-state index is 6.50. The van der Waals surface area contributed by atoms with Crippen LogP contribution in [0.1, 0.15) is 11.1 Å². The van der Waals surface area contributed by atoms with Crippen molar-refractivity contribution in [2.45, 2.75) is 13.2 Å². The summed E-state index contributed by atoms with van der Waals surface area (Å²) < 4.78 is 6.71. The Morgan fingerprint density at radius 3 is 2.59 bits per heavy atom. The average molecular weight is 514 g/mol. The second kappa shape index (κ2) is 9.44. The summed E-state index contributed by atoms with van der Waals surface area (Å²) in [5.41, 5.74) is 2.97. The first kappa shape index (κ1) is 21.2. The third kappa shape index (κ3) is 4.57. The summed E-state index contributed by atoms with van der Waals surface area (Å²) in [7, 11) is 0. The minimum absolute atomic E-state index is 0.505. The number of hydrogen-bond donors (Lipinski definition) is 1. The highest BCUT2D eigenvalue weighted by atomic mass is 79.9. The van der Waals surface area contributed by atoms with Crippen LogP contribution in [0.4, 0.5) is 5.82 Å².